The molecule has 0 aliphatic carbocycles. The molecule has 230 valence electrons. The number of hydrogen-bond acceptors (Lipinski definition) is 3. The zero-order chi connectivity index (χ0) is 32.3. The number of hydrogen-bond donors (Lipinski definition) is 0. The molecule has 10 aromatic rings. The Morgan fingerprint density at radius 3 is 2.00 bits per heavy atom. The second-order valence-corrected chi connectivity index (χ2v) is 13.6. The first kappa shape index (κ1) is 27.9. The van der Waals surface area contributed by atoms with E-state index in [4.69, 9.17) is 4.42 Å². The standard InChI is InChI=1S/C46H29NOS/c1-2-11-32-28-35(26-22-30(32)10-1)47(34-24-20-31(21-25-34)33-23-27-39-38-14-5-8-19-44(38)49-45(39)29-33)42-17-6-3-12-36(42)40-15-9-16-41-37-13-4-7-18-43(37)48-46(40)41/h1-29H. The van der Waals surface area contributed by atoms with Crippen LogP contribution in [0.1, 0.15) is 0 Å². The minimum atomic E-state index is 0.901. The zero-order valence-corrected chi connectivity index (χ0v) is 27.3. The fraction of sp³-hybridized carbons (Fsp3) is 0. The maximum absolute atomic E-state index is 6.54. The van der Waals surface area contributed by atoms with Gasteiger partial charge >= 0.3 is 0 Å². The maximum Gasteiger partial charge on any atom is 0.143 e. The van der Waals surface area contributed by atoms with Crippen LogP contribution in [-0.2, 0) is 0 Å². The average molecular weight is 644 g/mol. The van der Waals surface area contributed by atoms with Crippen LogP contribution in [0.15, 0.2) is 180 Å². The lowest BCUT2D eigenvalue weighted by Gasteiger charge is -2.28. The summed E-state index contributed by atoms with van der Waals surface area (Å²) in [5, 5.41) is 7.33. The monoisotopic (exact) mass is 643 g/mol. The van der Waals surface area contributed by atoms with Gasteiger partial charge in [0, 0.05) is 53.4 Å². The van der Waals surface area contributed by atoms with E-state index in [1.807, 2.05) is 23.5 Å². The van der Waals surface area contributed by atoms with Crippen LogP contribution in [0.3, 0.4) is 0 Å². The molecule has 10 rings (SSSR count). The molecule has 2 aromatic heterocycles. The van der Waals surface area contributed by atoms with E-state index < -0.39 is 0 Å². The summed E-state index contributed by atoms with van der Waals surface area (Å²) in [6.07, 6.45) is 0. The van der Waals surface area contributed by atoms with E-state index in [-0.39, 0.29) is 0 Å². The van der Waals surface area contributed by atoms with Gasteiger partial charge < -0.3 is 9.32 Å². The predicted octanol–water partition coefficient (Wildman–Crippen LogP) is 13.9. The van der Waals surface area contributed by atoms with Gasteiger partial charge in [0.25, 0.3) is 0 Å². The first-order valence-electron chi connectivity index (χ1n) is 16.6. The molecular formula is C46H29NOS. The Labute approximate surface area is 287 Å². The number of para-hydroxylation sites is 3. The highest BCUT2D eigenvalue weighted by Gasteiger charge is 2.20. The van der Waals surface area contributed by atoms with E-state index in [0.717, 1.165) is 50.1 Å². The summed E-state index contributed by atoms with van der Waals surface area (Å²) in [6, 6.07) is 63.2. The third kappa shape index (κ3) is 4.62. The average Bonchev–Trinajstić information content (AvgIpc) is 3.74. The van der Waals surface area contributed by atoms with Crippen LogP contribution in [0.4, 0.5) is 17.1 Å². The largest absolute Gasteiger partial charge is 0.455 e. The molecule has 0 spiro atoms. The highest BCUT2D eigenvalue weighted by molar-refractivity contribution is 7.25. The van der Waals surface area contributed by atoms with E-state index in [9.17, 15) is 0 Å². The normalized spacial score (nSPS) is 11.7. The molecule has 8 aromatic carbocycles. The Morgan fingerprint density at radius 2 is 1.08 bits per heavy atom. The second kappa shape index (κ2) is 11.2. The molecule has 0 bridgehead atoms. The minimum Gasteiger partial charge on any atom is -0.455 e. The highest BCUT2D eigenvalue weighted by Crippen LogP contribution is 2.45. The molecule has 0 saturated carbocycles. The molecule has 2 nitrogen and oxygen atoms in total. The van der Waals surface area contributed by atoms with E-state index >= 15 is 0 Å². The van der Waals surface area contributed by atoms with Gasteiger partial charge in [0.15, 0.2) is 0 Å². The van der Waals surface area contributed by atoms with Gasteiger partial charge in [-0.15, -0.1) is 11.3 Å². The van der Waals surface area contributed by atoms with Crippen molar-refractivity contribution < 1.29 is 4.42 Å². The van der Waals surface area contributed by atoms with E-state index in [2.05, 4.69) is 169 Å². The summed E-state index contributed by atoms with van der Waals surface area (Å²) < 4.78 is 9.18. The molecule has 0 amide bonds. The summed E-state index contributed by atoms with van der Waals surface area (Å²) in [5.41, 5.74) is 9.68. The Hall–Kier alpha value is -6.16. The van der Waals surface area contributed by atoms with Gasteiger partial charge in [-0.2, -0.15) is 0 Å². The fourth-order valence-electron chi connectivity index (χ4n) is 7.31. The van der Waals surface area contributed by atoms with Gasteiger partial charge in [0.1, 0.15) is 11.2 Å². The van der Waals surface area contributed by atoms with Crippen LogP contribution in [0.5, 0.6) is 0 Å². The van der Waals surface area contributed by atoms with Crippen molar-refractivity contribution in [3.63, 3.8) is 0 Å². The smallest absolute Gasteiger partial charge is 0.143 e. The van der Waals surface area contributed by atoms with Crippen LogP contribution in [-0.4, -0.2) is 0 Å². The lowest BCUT2D eigenvalue weighted by atomic mass is 9.98. The Morgan fingerprint density at radius 1 is 0.408 bits per heavy atom. The molecule has 3 heteroatoms. The Kier molecular flexibility index (Phi) is 6.39. The second-order valence-electron chi connectivity index (χ2n) is 12.5. The van der Waals surface area contributed by atoms with Gasteiger partial charge in [0.2, 0.25) is 0 Å². The number of anilines is 3. The van der Waals surface area contributed by atoms with E-state index in [0.29, 0.717) is 0 Å². The van der Waals surface area contributed by atoms with Gasteiger partial charge in [0.05, 0.1) is 5.69 Å². The van der Waals surface area contributed by atoms with Crippen molar-refractivity contribution in [3.8, 4) is 22.3 Å². The van der Waals surface area contributed by atoms with E-state index in [1.54, 1.807) is 0 Å². The summed E-state index contributed by atoms with van der Waals surface area (Å²) in [5.74, 6) is 0. The number of furan rings is 1. The van der Waals surface area contributed by atoms with Crippen molar-refractivity contribution >= 4 is 81.3 Å². The van der Waals surface area contributed by atoms with Crippen LogP contribution in [0.2, 0.25) is 0 Å². The minimum absolute atomic E-state index is 0.901. The van der Waals surface area contributed by atoms with Gasteiger partial charge in [-0.3, -0.25) is 0 Å². The maximum atomic E-state index is 6.54. The van der Waals surface area contributed by atoms with Crippen molar-refractivity contribution in [2.75, 3.05) is 4.90 Å². The lowest BCUT2D eigenvalue weighted by Crippen LogP contribution is -2.11. The molecule has 0 N–H and O–H groups in total. The van der Waals surface area contributed by atoms with Crippen molar-refractivity contribution in [1.82, 2.24) is 0 Å². The number of rotatable bonds is 5. The van der Waals surface area contributed by atoms with Gasteiger partial charge in [-0.1, -0.05) is 127 Å². The molecule has 49 heavy (non-hydrogen) atoms. The predicted molar refractivity (Wildman–Crippen MR) is 210 cm³/mol. The quantitative estimate of drug-likeness (QED) is 0.186. The summed E-state index contributed by atoms with van der Waals surface area (Å²) in [4.78, 5) is 2.38. The third-order valence-electron chi connectivity index (χ3n) is 9.67. The fourth-order valence-corrected chi connectivity index (χ4v) is 8.45. The Balaban J connectivity index is 1.14. The number of thiophene rings is 1. The van der Waals surface area contributed by atoms with Crippen molar-refractivity contribution in [1.29, 1.82) is 0 Å². The zero-order valence-electron chi connectivity index (χ0n) is 26.5. The molecule has 2 heterocycles. The lowest BCUT2D eigenvalue weighted by molar-refractivity contribution is 0.670. The number of benzene rings is 8. The van der Waals surface area contributed by atoms with Crippen LogP contribution in [0, 0.1) is 0 Å². The van der Waals surface area contributed by atoms with Crippen molar-refractivity contribution in [2.45, 2.75) is 0 Å². The van der Waals surface area contributed by atoms with Crippen LogP contribution >= 0.6 is 11.3 Å². The summed E-state index contributed by atoms with van der Waals surface area (Å²) in [6.45, 7) is 0. The van der Waals surface area contributed by atoms with Crippen molar-refractivity contribution in [2.24, 2.45) is 0 Å². The molecule has 0 unspecified atom stereocenters. The van der Waals surface area contributed by atoms with Crippen molar-refractivity contribution in [3.05, 3.63) is 176 Å². The molecular weight excluding hydrogens is 615 g/mol. The molecule has 0 radical (unpaired) electrons. The SMILES string of the molecule is c1ccc(N(c2ccc(-c3ccc4c(c3)sc3ccccc34)cc2)c2ccc3ccccc3c2)c(-c2cccc3c2oc2ccccc23)c1. The van der Waals surface area contributed by atoms with Gasteiger partial charge in [-0.25, -0.2) is 0 Å². The molecule has 0 aliphatic heterocycles. The Bertz CT molecular complexity index is 2840. The highest BCUT2D eigenvalue weighted by atomic mass is 32.1. The first-order chi connectivity index (χ1) is 24.3. The van der Waals surface area contributed by atoms with Gasteiger partial charge in [-0.05, 0) is 70.4 Å². The van der Waals surface area contributed by atoms with E-state index in [1.165, 1.54) is 42.1 Å². The molecule has 0 aliphatic rings. The number of nitrogens with zero attached hydrogens (tertiary/aromatic N) is 1. The topological polar surface area (TPSA) is 16.4 Å². The summed E-state index contributed by atoms with van der Waals surface area (Å²) in [7, 11) is 0. The molecule has 0 atom stereocenters. The first-order valence-corrected chi connectivity index (χ1v) is 17.4. The van der Waals surface area contributed by atoms with Crippen LogP contribution < -0.4 is 4.90 Å². The summed E-state index contributed by atoms with van der Waals surface area (Å²) >= 11 is 1.86. The number of fused-ring (bicyclic) bond motifs is 7. The molecule has 0 saturated heterocycles. The third-order valence-corrected chi connectivity index (χ3v) is 10.8. The molecule has 0 fully saturated rings. The van der Waals surface area contributed by atoms with Crippen LogP contribution in [0.25, 0.3) is 75.1 Å².